The van der Waals surface area contributed by atoms with Crippen molar-refractivity contribution in [2.45, 2.75) is 26.2 Å². The van der Waals surface area contributed by atoms with Gasteiger partial charge in [-0.05, 0) is 18.0 Å². The third kappa shape index (κ3) is 4.37. The summed E-state index contributed by atoms with van der Waals surface area (Å²) in [5, 5.41) is 2.88. The van der Waals surface area contributed by atoms with E-state index < -0.39 is 5.91 Å². The zero-order valence-corrected chi connectivity index (χ0v) is 12.7. The number of rotatable bonds is 7. The SMILES string of the molecule is CCCCCOc1nsc(NC(=O)N(C)C)c1C(N)=O. The van der Waals surface area contributed by atoms with Crippen molar-refractivity contribution in [3.8, 4) is 5.88 Å². The van der Waals surface area contributed by atoms with Crippen LogP contribution in [0.25, 0.3) is 0 Å². The summed E-state index contributed by atoms with van der Waals surface area (Å²) < 4.78 is 9.49. The number of nitrogens with two attached hydrogens (primary N) is 1. The Morgan fingerprint density at radius 3 is 2.65 bits per heavy atom. The molecule has 8 heteroatoms. The summed E-state index contributed by atoms with van der Waals surface area (Å²) in [6.07, 6.45) is 3.00. The number of hydrogen-bond donors (Lipinski definition) is 2. The normalized spacial score (nSPS) is 10.2. The van der Waals surface area contributed by atoms with E-state index in [2.05, 4.69) is 16.6 Å². The van der Waals surface area contributed by atoms with E-state index >= 15 is 0 Å². The van der Waals surface area contributed by atoms with Crippen molar-refractivity contribution in [2.24, 2.45) is 5.73 Å². The van der Waals surface area contributed by atoms with Gasteiger partial charge < -0.3 is 15.4 Å². The van der Waals surface area contributed by atoms with Crippen molar-refractivity contribution in [2.75, 3.05) is 26.0 Å². The number of unbranched alkanes of at least 4 members (excludes halogenated alkanes) is 2. The fourth-order valence-corrected chi connectivity index (χ4v) is 2.14. The minimum atomic E-state index is -0.668. The van der Waals surface area contributed by atoms with E-state index in [0.29, 0.717) is 11.6 Å². The number of amides is 3. The summed E-state index contributed by atoms with van der Waals surface area (Å²) in [4.78, 5) is 24.4. The lowest BCUT2D eigenvalue weighted by Gasteiger charge is -2.11. The van der Waals surface area contributed by atoms with Crippen LogP contribution in [-0.2, 0) is 0 Å². The van der Waals surface area contributed by atoms with Crippen molar-refractivity contribution in [3.63, 3.8) is 0 Å². The summed E-state index contributed by atoms with van der Waals surface area (Å²) >= 11 is 0.980. The number of aromatic nitrogens is 1. The van der Waals surface area contributed by atoms with E-state index in [1.54, 1.807) is 14.1 Å². The molecule has 1 heterocycles. The highest BCUT2D eigenvalue weighted by Crippen LogP contribution is 2.30. The molecule has 20 heavy (non-hydrogen) atoms. The van der Waals surface area contributed by atoms with Gasteiger partial charge in [0.15, 0.2) is 0 Å². The van der Waals surface area contributed by atoms with Crippen LogP contribution in [0.15, 0.2) is 0 Å². The van der Waals surface area contributed by atoms with Crippen LogP contribution < -0.4 is 15.8 Å². The molecular formula is C12H20N4O3S. The van der Waals surface area contributed by atoms with E-state index in [4.69, 9.17) is 10.5 Å². The molecule has 0 saturated carbocycles. The lowest BCUT2D eigenvalue weighted by atomic mass is 10.3. The minimum absolute atomic E-state index is 0.127. The number of carbonyl (C=O) groups excluding carboxylic acids is 2. The average Bonchev–Trinajstić information content (AvgIpc) is 2.77. The Morgan fingerprint density at radius 2 is 2.10 bits per heavy atom. The summed E-state index contributed by atoms with van der Waals surface area (Å²) in [5.41, 5.74) is 5.45. The molecule has 0 fully saturated rings. The molecule has 0 atom stereocenters. The van der Waals surface area contributed by atoms with Crippen molar-refractivity contribution >= 4 is 28.5 Å². The molecule has 1 aromatic rings. The van der Waals surface area contributed by atoms with Crippen LogP contribution >= 0.6 is 11.5 Å². The zero-order valence-electron chi connectivity index (χ0n) is 11.9. The highest BCUT2D eigenvalue weighted by Gasteiger charge is 2.22. The van der Waals surface area contributed by atoms with E-state index in [0.717, 1.165) is 30.8 Å². The van der Waals surface area contributed by atoms with Crippen LogP contribution in [0.5, 0.6) is 5.88 Å². The quantitative estimate of drug-likeness (QED) is 0.751. The lowest BCUT2D eigenvalue weighted by Crippen LogP contribution is -2.28. The van der Waals surface area contributed by atoms with Crippen LogP contribution in [0.3, 0.4) is 0 Å². The third-order valence-electron chi connectivity index (χ3n) is 2.52. The fraction of sp³-hybridized carbons (Fsp3) is 0.583. The van der Waals surface area contributed by atoms with Gasteiger partial charge >= 0.3 is 6.03 Å². The molecule has 3 amide bonds. The number of hydrogen-bond acceptors (Lipinski definition) is 5. The summed E-state index contributed by atoms with van der Waals surface area (Å²) in [7, 11) is 3.20. The molecule has 1 rings (SSSR count). The van der Waals surface area contributed by atoms with Gasteiger partial charge in [-0.25, -0.2) is 4.79 Å². The van der Waals surface area contributed by atoms with Gasteiger partial charge in [0, 0.05) is 14.1 Å². The maximum absolute atomic E-state index is 11.6. The standard InChI is InChI=1S/C12H20N4O3S/c1-4-5-6-7-19-10-8(9(13)17)11(20-15-10)14-12(18)16(2)3/h4-7H2,1-3H3,(H2,13,17)(H,14,18). The Labute approximate surface area is 122 Å². The first kappa shape index (κ1) is 16.2. The van der Waals surface area contributed by atoms with Gasteiger partial charge in [0.1, 0.15) is 10.6 Å². The number of carbonyl (C=O) groups is 2. The van der Waals surface area contributed by atoms with E-state index in [1.807, 2.05) is 0 Å². The Morgan fingerprint density at radius 1 is 1.40 bits per heavy atom. The summed E-state index contributed by atoms with van der Waals surface area (Å²) in [6.45, 7) is 2.56. The van der Waals surface area contributed by atoms with Crippen molar-refractivity contribution in [1.82, 2.24) is 9.27 Å². The maximum atomic E-state index is 11.6. The topological polar surface area (TPSA) is 97.6 Å². The Balaban J connectivity index is 2.79. The van der Waals surface area contributed by atoms with Crippen LogP contribution in [-0.4, -0.2) is 41.9 Å². The predicted molar refractivity (Wildman–Crippen MR) is 78.4 cm³/mol. The number of anilines is 1. The van der Waals surface area contributed by atoms with Gasteiger partial charge in [-0.1, -0.05) is 19.8 Å². The van der Waals surface area contributed by atoms with Crippen molar-refractivity contribution in [3.05, 3.63) is 5.56 Å². The minimum Gasteiger partial charge on any atom is -0.476 e. The van der Waals surface area contributed by atoms with Gasteiger partial charge in [0.2, 0.25) is 5.88 Å². The first-order valence-electron chi connectivity index (χ1n) is 6.38. The molecule has 0 radical (unpaired) electrons. The number of primary amides is 1. The number of nitrogens with zero attached hydrogens (tertiary/aromatic N) is 2. The molecule has 0 aromatic carbocycles. The monoisotopic (exact) mass is 300 g/mol. The number of urea groups is 1. The van der Waals surface area contributed by atoms with Gasteiger partial charge in [-0.3, -0.25) is 10.1 Å². The molecule has 0 aliphatic heterocycles. The Bertz CT molecular complexity index is 473. The molecule has 3 N–H and O–H groups in total. The van der Waals surface area contributed by atoms with Crippen LogP contribution in [0, 0.1) is 0 Å². The van der Waals surface area contributed by atoms with Gasteiger partial charge in [0.05, 0.1) is 6.61 Å². The van der Waals surface area contributed by atoms with E-state index in [9.17, 15) is 9.59 Å². The zero-order chi connectivity index (χ0) is 15.1. The second kappa shape index (κ2) is 7.68. The lowest BCUT2D eigenvalue weighted by molar-refractivity contribution is 0.0997. The fourth-order valence-electron chi connectivity index (χ4n) is 1.41. The molecule has 0 aliphatic rings. The molecule has 1 aromatic heterocycles. The average molecular weight is 300 g/mol. The Kier molecular flexibility index (Phi) is 6.23. The van der Waals surface area contributed by atoms with Crippen LogP contribution in [0.1, 0.15) is 36.5 Å². The third-order valence-corrected chi connectivity index (χ3v) is 3.27. The molecule has 0 aliphatic carbocycles. The molecule has 0 spiro atoms. The first-order chi connectivity index (χ1) is 9.47. The Hall–Kier alpha value is -1.83. The highest BCUT2D eigenvalue weighted by atomic mass is 32.1. The second-order valence-electron chi connectivity index (χ2n) is 4.44. The van der Waals surface area contributed by atoms with Crippen molar-refractivity contribution in [1.29, 1.82) is 0 Å². The second-order valence-corrected chi connectivity index (χ2v) is 5.21. The smallest absolute Gasteiger partial charge is 0.321 e. The molecule has 0 bridgehead atoms. The molecule has 112 valence electrons. The van der Waals surface area contributed by atoms with Gasteiger partial charge in [-0.2, -0.15) is 4.37 Å². The molecular weight excluding hydrogens is 280 g/mol. The maximum Gasteiger partial charge on any atom is 0.321 e. The van der Waals surface area contributed by atoms with Gasteiger partial charge in [0.25, 0.3) is 5.91 Å². The molecule has 0 unspecified atom stereocenters. The van der Waals surface area contributed by atoms with E-state index in [-0.39, 0.29) is 17.5 Å². The van der Waals surface area contributed by atoms with E-state index in [1.165, 1.54) is 4.90 Å². The predicted octanol–water partition coefficient (Wildman–Crippen LogP) is 1.90. The molecule has 7 nitrogen and oxygen atoms in total. The summed E-state index contributed by atoms with van der Waals surface area (Å²) in [5.74, 6) is -0.481. The van der Waals surface area contributed by atoms with Gasteiger partial charge in [-0.15, -0.1) is 0 Å². The van der Waals surface area contributed by atoms with Crippen LogP contribution in [0.4, 0.5) is 9.80 Å². The van der Waals surface area contributed by atoms with Crippen LogP contribution in [0.2, 0.25) is 0 Å². The largest absolute Gasteiger partial charge is 0.476 e. The summed E-state index contributed by atoms with van der Waals surface area (Å²) in [6, 6.07) is -0.353. The number of nitrogens with one attached hydrogen (secondary N) is 1. The number of ether oxygens (including phenoxy) is 1. The van der Waals surface area contributed by atoms with Crippen molar-refractivity contribution < 1.29 is 14.3 Å². The highest BCUT2D eigenvalue weighted by molar-refractivity contribution is 7.11. The first-order valence-corrected chi connectivity index (χ1v) is 7.15. The molecule has 0 saturated heterocycles.